The van der Waals surface area contributed by atoms with Gasteiger partial charge in [-0.25, -0.2) is 0 Å². The van der Waals surface area contributed by atoms with Crippen molar-refractivity contribution in [1.29, 1.82) is 0 Å². The highest BCUT2D eigenvalue weighted by Crippen LogP contribution is 2.32. The van der Waals surface area contributed by atoms with Crippen LogP contribution in [0, 0.1) is 11.3 Å². The zero-order valence-corrected chi connectivity index (χ0v) is 20.4. The van der Waals surface area contributed by atoms with Gasteiger partial charge in [0.25, 0.3) is 0 Å². The summed E-state index contributed by atoms with van der Waals surface area (Å²) in [6.45, 7) is 14.3. The summed E-state index contributed by atoms with van der Waals surface area (Å²) in [7, 11) is -5.78. The van der Waals surface area contributed by atoms with E-state index in [-0.39, 0.29) is 31.0 Å². The third-order valence-electron chi connectivity index (χ3n) is 5.26. The third-order valence-corrected chi connectivity index (χ3v) is 6.26. The second kappa shape index (κ2) is 11.7. The molecule has 7 nitrogen and oxygen atoms in total. The van der Waals surface area contributed by atoms with Crippen LogP contribution in [-0.2, 0) is 28.6 Å². The van der Waals surface area contributed by atoms with E-state index in [1.807, 2.05) is 0 Å². The largest absolute Gasteiger partial charge is 0.534 e. The SMILES string of the molecule is C=C(OS(=O)(=O)C(F)(F)F)[C@H](C)C[C@H](O)CC[C@@H]1O[C@@H](CCCOC(=O)C(C)(C)C)CC1=C. The molecule has 1 aliphatic rings. The summed E-state index contributed by atoms with van der Waals surface area (Å²) in [6.07, 6.45) is 1.47. The van der Waals surface area contributed by atoms with Crippen LogP contribution < -0.4 is 0 Å². The number of alkyl halides is 3. The minimum Gasteiger partial charge on any atom is -0.465 e. The Hall–Kier alpha value is -1.59. The van der Waals surface area contributed by atoms with Gasteiger partial charge in [0, 0.05) is 5.92 Å². The van der Waals surface area contributed by atoms with Gasteiger partial charge in [0.1, 0.15) is 5.76 Å². The van der Waals surface area contributed by atoms with E-state index in [0.29, 0.717) is 32.3 Å². The van der Waals surface area contributed by atoms with Crippen LogP contribution in [0.25, 0.3) is 0 Å². The lowest BCUT2D eigenvalue weighted by molar-refractivity contribution is -0.153. The summed E-state index contributed by atoms with van der Waals surface area (Å²) in [5, 5.41) is 10.2. The molecule has 33 heavy (non-hydrogen) atoms. The molecule has 0 amide bonds. The number of hydrogen-bond donors (Lipinski definition) is 1. The maximum Gasteiger partial charge on any atom is 0.534 e. The molecule has 0 aliphatic carbocycles. The molecule has 0 bridgehead atoms. The van der Waals surface area contributed by atoms with Crippen molar-refractivity contribution in [3.8, 4) is 0 Å². The Morgan fingerprint density at radius 2 is 1.88 bits per heavy atom. The molecule has 0 saturated carbocycles. The van der Waals surface area contributed by atoms with Crippen molar-refractivity contribution in [2.75, 3.05) is 6.61 Å². The number of carbonyl (C=O) groups excluding carboxylic acids is 1. The average Bonchev–Trinajstić information content (AvgIpc) is 3.00. The van der Waals surface area contributed by atoms with Crippen molar-refractivity contribution in [2.45, 2.75) is 90.0 Å². The van der Waals surface area contributed by atoms with E-state index in [2.05, 4.69) is 17.3 Å². The fourth-order valence-corrected chi connectivity index (χ4v) is 3.75. The molecule has 1 saturated heterocycles. The number of halogens is 3. The molecule has 1 fully saturated rings. The van der Waals surface area contributed by atoms with Gasteiger partial charge in [-0.3, -0.25) is 4.79 Å². The van der Waals surface area contributed by atoms with E-state index in [4.69, 9.17) is 9.47 Å². The maximum absolute atomic E-state index is 12.4. The molecule has 0 aromatic carbocycles. The Balaban J connectivity index is 2.37. The van der Waals surface area contributed by atoms with Crippen molar-refractivity contribution in [3.63, 3.8) is 0 Å². The molecule has 0 unspecified atom stereocenters. The topological polar surface area (TPSA) is 99.1 Å². The quantitative estimate of drug-likeness (QED) is 0.104. The molecule has 4 atom stereocenters. The number of rotatable bonds is 12. The van der Waals surface area contributed by atoms with E-state index >= 15 is 0 Å². The normalized spacial score (nSPS) is 21.5. The average molecular weight is 501 g/mol. The van der Waals surface area contributed by atoms with Crippen molar-refractivity contribution in [3.05, 3.63) is 24.5 Å². The molecular weight excluding hydrogens is 465 g/mol. The first-order valence-electron chi connectivity index (χ1n) is 10.8. The smallest absolute Gasteiger partial charge is 0.465 e. The van der Waals surface area contributed by atoms with Gasteiger partial charge in [-0.05, 0) is 64.9 Å². The Morgan fingerprint density at radius 1 is 1.27 bits per heavy atom. The minimum atomic E-state index is -5.78. The highest BCUT2D eigenvalue weighted by molar-refractivity contribution is 7.87. The second-order valence-corrected chi connectivity index (χ2v) is 11.0. The number of aliphatic hydroxyl groups excluding tert-OH is 1. The van der Waals surface area contributed by atoms with Crippen molar-refractivity contribution >= 4 is 16.1 Å². The van der Waals surface area contributed by atoms with Crippen LogP contribution in [0.1, 0.15) is 66.2 Å². The van der Waals surface area contributed by atoms with Crippen LogP contribution in [0.2, 0.25) is 0 Å². The zero-order valence-electron chi connectivity index (χ0n) is 19.6. The zero-order chi connectivity index (χ0) is 25.6. The number of carbonyl (C=O) groups is 1. The van der Waals surface area contributed by atoms with Gasteiger partial charge in [0.15, 0.2) is 0 Å². The molecule has 11 heteroatoms. The lowest BCUT2D eigenvalue weighted by Crippen LogP contribution is -2.27. The second-order valence-electron chi connectivity index (χ2n) is 9.45. The summed E-state index contributed by atoms with van der Waals surface area (Å²) >= 11 is 0. The third kappa shape index (κ3) is 9.66. The number of esters is 1. The van der Waals surface area contributed by atoms with Crippen molar-refractivity contribution < 1.29 is 45.1 Å². The Bertz CT molecular complexity index is 800. The molecule has 1 heterocycles. The monoisotopic (exact) mass is 500 g/mol. The molecule has 192 valence electrons. The molecular formula is C22H35F3O7S. The fraction of sp³-hybridized carbons (Fsp3) is 0.773. The van der Waals surface area contributed by atoms with Crippen LogP contribution in [0.15, 0.2) is 24.5 Å². The van der Waals surface area contributed by atoms with Gasteiger partial charge in [-0.2, -0.15) is 21.6 Å². The molecule has 1 rings (SSSR count). The van der Waals surface area contributed by atoms with Crippen LogP contribution in [0.4, 0.5) is 13.2 Å². The van der Waals surface area contributed by atoms with Gasteiger partial charge in [0.05, 0.1) is 30.3 Å². The van der Waals surface area contributed by atoms with Crippen molar-refractivity contribution in [2.24, 2.45) is 11.3 Å². The predicted molar refractivity (Wildman–Crippen MR) is 116 cm³/mol. The predicted octanol–water partition coefficient (Wildman–Crippen LogP) is 4.62. The molecule has 0 aromatic heterocycles. The maximum atomic E-state index is 12.4. The van der Waals surface area contributed by atoms with Gasteiger partial charge in [-0.1, -0.05) is 20.1 Å². The van der Waals surface area contributed by atoms with E-state index in [1.54, 1.807) is 20.8 Å². The molecule has 1 aliphatic heterocycles. The van der Waals surface area contributed by atoms with Crippen LogP contribution >= 0.6 is 0 Å². The lowest BCUT2D eigenvalue weighted by atomic mass is 9.96. The lowest BCUT2D eigenvalue weighted by Gasteiger charge is -2.21. The number of ether oxygens (including phenoxy) is 2. The van der Waals surface area contributed by atoms with Gasteiger partial charge >= 0.3 is 21.6 Å². The van der Waals surface area contributed by atoms with E-state index in [1.165, 1.54) is 6.92 Å². The number of hydrogen-bond acceptors (Lipinski definition) is 7. The first kappa shape index (κ1) is 29.4. The van der Waals surface area contributed by atoms with E-state index < -0.39 is 38.8 Å². The van der Waals surface area contributed by atoms with E-state index in [9.17, 15) is 31.5 Å². The van der Waals surface area contributed by atoms with Gasteiger partial charge < -0.3 is 18.8 Å². The fourth-order valence-electron chi connectivity index (χ4n) is 3.21. The summed E-state index contributed by atoms with van der Waals surface area (Å²) in [5.41, 5.74) is -5.21. The summed E-state index contributed by atoms with van der Waals surface area (Å²) in [4.78, 5) is 11.8. The van der Waals surface area contributed by atoms with Crippen molar-refractivity contribution in [1.82, 2.24) is 0 Å². The summed E-state index contributed by atoms with van der Waals surface area (Å²) in [5.74, 6) is -1.65. The highest BCUT2D eigenvalue weighted by atomic mass is 32.2. The molecule has 1 N–H and O–H groups in total. The first-order chi connectivity index (χ1) is 14.9. The summed E-state index contributed by atoms with van der Waals surface area (Å²) in [6, 6.07) is 0. The first-order valence-corrected chi connectivity index (χ1v) is 12.2. The molecule has 0 spiro atoms. The number of aliphatic hydroxyl groups is 1. The number of allylic oxidation sites excluding steroid dienone is 1. The van der Waals surface area contributed by atoms with Crippen LogP contribution in [0.5, 0.6) is 0 Å². The van der Waals surface area contributed by atoms with E-state index in [0.717, 1.165) is 5.57 Å². The highest BCUT2D eigenvalue weighted by Gasteiger charge is 2.49. The van der Waals surface area contributed by atoms with Crippen LogP contribution in [-0.4, -0.2) is 49.9 Å². The standard InChI is InChI=1S/C22H35F3O7S/c1-14(16(3)32-33(28,29)22(23,24)25)12-17(26)9-10-19-15(2)13-18(31-19)8-7-11-30-20(27)21(4,5)6/h14,17-19,26H,2-3,7-13H2,1,4-6H3/t14-,17-,18+,19+/m1/s1. The molecule has 0 radical (unpaired) electrons. The molecule has 0 aromatic rings. The summed E-state index contributed by atoms with van der Waals surface area (Å²) < 4.78 is 74.6. The Kier molecular flexibility index (Phi) is 10.4. The Labute approximate surface area is 194 Å². The van der Waals surface area contributed by atoms with Crippen LogP contribution in [0.3, 0.4) is 0 Å². The van der Waals surface area contributed by atoms with Gasteiger partial charge in [0.2, 0.25) is 0 Å². The Morgan fingerprint density at radius 3 is 2.42 bits per heavy atom. The minimum absolute atomic E-state index is 0.0199. The van der Waals surface area contributed by atoms with Gasteiger partial charge in [-0.15, -0.1) is 0 Å².